The topological polar surface area (TPSA) is 32.3 Å². The number of hydrogen-bond donors (Lipinski definition) is 2. The molecule has 1 aliphatic carbocycles. The van der Waals surface area contributed by atoms with E-state index in [1.54, 1.807) is 0 Å². The van der Waals surface area contributed by atoms with Crippen LogP contribution in [-0.4, -0.2) is 17.8 Å². The first-order valence-electron chi connectivity index (χ1n) is 6.20. The second-order valence-corrected chi connectivity index (χ2v) is 5.80. The maximum atomic E-state index is 9.44. The highest BCUT2D eigenvalue weighted by atomic mass is 32.1. The van der Waals surface area contributed by atoms with E-state index in [-0.39, 0.29) is 6.10 Å². The molecule has 1 aromatic heterocycles. The van der Waals surface area contributed by atoms with E-state index in [0.29, 0.717) is 6.04 Å². The van der Waals surface area contributed by atoms with E-state index in [1.165, 1.54) is 17.7 Å². The molecule has 3 heteroatoms. The fourth-order valence-corrected chi connectivity index (χ4v) is 3.09. The van der Waals surface area contributed by atoms with Crippen LogP contribution in [0.1, 0.15) is 43.5 Å². The third-order valence-corrected chi connectivity index (χ3v) is 4.55. The van der Waals surface area contributed by atoms with Crippen molar-refractivity contribution in [3.05, 3.63) is 22.4 Å². The molecule has 1 heterocycles. The summed E-state index contributed by atoms with van der Waals surface area (Å²) in [6, 6.07) is 4.76. The maximum Gasteiger partial charge on any atom is 0.0540 e. The third kappa shape index (κ3) is 3.30. The summed E-state index contributed by atoms with van der Waals surface area (Å²) in [5, 5.41) is 15.2. The van der Waals surface area contributed by atoms with Crippen molar-refractivity contribution in [3.63, 3.8) is 0 Å². The first-order valence-corrected chi connectivity index (χ1v) is 7.08. The highest BCUT2D eigenvalue weighted by Crippen LogP contribution is 2.25. The van der Waals surface area contributed by atoms with Crippen molar-refractivity contribution in [3.8, 4) is 0 Å². The minimum atomic E-state index is -0.0361. The molecule has 2 rings (SSSR count). The molecule has 1 saturated carbocycles. The molecule has 90 valence electrons. The van der Waals surface area contributed by atoms with Crippen LogP contribution in [0.15, 0.2) is 17.5 Å². The maximum absolute atomic E-state index is 9.44. The largest absolute Gasteiger partial charge is 0.393 e. The Labute approximate surface area is 102 Å². The van der Waals surface area contributed by atoms with E-state index < -0.39 is 0 Å². The fraction of sp³-hybridized carbons (Fsp3) is 0.692. The van der Waals surface area contributed by atoms with Crippen molar-refractivity contribution in [1.82, 2.24) is 5.32 Å². The SMILES string of the molecule is CC(NCC1CCC(O)CC1)c1cccs1. The van der Waals surface area contributed by atoms with Gasteiger partial charge in [0, 0.05) is 10.9 Å². The van der Waals surface area contributed by atoms with Gasteiger partial charge in [-0.15, -0.1) is 11.3 Å². The zero-order valence-corrected chi connectivity index (χ0v) is 10.7. The molecule has 1 aromatic rings. The van der Waals surface area contributed by atoms with Crippen molar-refractivity contribution in [2.45, 2.75) is 44.8 Å². The van der Waals surface area contributed by atoms with Gasteiger partial charge in [-0.3, -0.25) is 0 Å². The van der Waals surface area contributed by atoms with Crippen LogP contribution < -0.4 is 5.32 Å². The Bertz CT molecular complexity index is 291. The molecule has 1 unspecified atom stereocenters. The minimum Gasteiger partial charge on any atom is -0.393 e. The second-order valence-electron chi connectivity index (χ2n) is 4.82. The summed E-state index contributed by atoms with van der Waals surface area (Å²) < 4.78 is 0. The van der Waals surface area contributed by atoms with Gasteiger partial charge in [-0.05, 0) is 56.5 Å². The summed E-state index contributed by atoms with van der Waals surface area (Å²) in [6.07, 6.45) is 4.28. The van der Waals surface area contributed by atoms with Gasteiger partial charge in [0.1, 0.15) is 0 Å². The number of hydrogen-bond acceptors (Lipinski definition) is 3. The van der Waals surface area contributed by atoms with E-state index >= 15 is 0 Å². The summed E-state index contributed by atoms with van der Waals surface area (Å²) in [4.78, 5) is 1.41. The van der Waals surface area contributed by atoms with E-state index in [9.17, 15) is 5.11 Å². The smallest absolute Gasteiger partial charge is 0.0540 e. The Morgan fingerprint density at radius 1 is 1.44 bits per heavy atom. The Morgan fingerprint density at radius 2 is 2.19 bits per heavy atom. The molecule has 2 nitrogen and oxygen atoms in total. The lowest BCUT2D eigenvalue weighted by Crippen LogP contribution is -2.29. The zero-order chi connectivity index (χ0) is 11.4. The second kappa shape index (κ2) is 5.80. The van der Waals surface area contributed by atoms with Crippen LogP contribution in [0.2, 0.25) is 0 Å². The van der Waals surface area contributed by atoms with Gasteiger partial charge in [0.05, 0.1) is 6.10 Å². The van der Waals surface area contributed by atoms with Crippen LogP contribution in [0.5, 0.6) is 0 Å². The number of thiophene rings is 1. The van der Waals surface area contributed by atoms with E-state index in [0.717, 1.165) is 25.3 Å². The van der Waals surface area contributed by atoms with E-state index in [1.807, 2.05) is 11.3 Å². The molecule has 1 fully saturated rings. The highest BCUT2D eigenvalue weighted by molar-refractivity contribution is 7.10. The standard InChI is InChI=1S/C13H21NOS/c1-10(13-3-2-8-16-13)14-9-11-4-6-12(15)7-5-11/h2-3,8,10-12,14-15H,4-7,9H2,1H3. The van der Waals surface area contributed by atoms with Gasteiger partial charge >= 0.3 is 0 Å². The molecule has 0 spiro atoms. The third-order valence-electron chi connectivity index (χ3n) is 3.50. The zero-order valence-electron chi connectivity index (χ0n) is 9.86. The Kier molecular flexibility index (Phi) is 4.38. The number of nitrogens with one attached hydrogen (secondary N) is 1. The summed E-state index contributed by atoms with van der Waals surface area (Å²) >= 11 is 1.82. The molecule has 0 aromatic carbocycles. The van der Waals surface area contributed by atoms with Gasteiger partial charge in [0.2, 0.25) is 0 Å². The molecular formula is C13H21NOS. The Morgan fingerprint density at radius 3 is 2.81 bits per heavy atom. The fourth-order valence-electron chi connectivity index (χ4n) is 2.33. The predicted octanol–water partition coefficient (Wildman–Crippen LogP) is 2.95. The molecule has 0 amide bonds. The predicted molar refractivity (Wildman–Crippen MR) is 68.7 cm³/mol. The van der Waals surface area contributed by atoms with Crippen LogP contribution in [0.3, 0.4) is 0 Å². The van der Waals surface area contributed by atoms with Crippen LogP contribution in [0.25, 0.3) is 0 Å². The Balaban J connectivity index is 1.71. The van der Waals surface area contributed by atoms with Crippen molar-refractivity contribution in [2.24, 2.45) is 5.92 Å². The van der Waals surface area contributed by atoms with Crippen molar-refractivity contribution < 1.29 is 5.11 Å². The lowest BCUT2D eigenvalue weighted by molar-refractivity contribution is 0.108. The number of aliphatic hydroxyl groups excluding tert-OH is 1. The van der Waals surface area contributed by atoms with Gasteiger partial charge in [0.25, 0.3) is 0 Å². The van der Waals surface area contributed by atoms with Crippen molar-refractivity contribution in [2.75, 3.05) is 6.54 Å². The average Bonchev–Trinajstić information content (AvgIpc) is 2.81. The first kappa shape index (κ1) is 12.1. The quantitative estimate of drug-likeness (QED) is 0.846. The lowest BCUT2D eigenvalue weighted by atomic mass is 9.87. The normalized spacial score (nSPS) is 27.9. The summed E-state index contributed by atoms with van der Waals surface area (Å²) in [6.45, 7) is 3.31. The molecule has 0 saturated heterocycles. The monoisotopic (exact) mass is 239 g/mol. The molecule has 0 bridgehead atoms. The molecular weight excluding hydrogens is 218 g/mol. The molecule has 1 aliphatic rings. The lowest BCUT2D eigenvalue weighted by Gasteiger charge is -2.26. The molecule has 0 aliphatic heterocycles. The highest BCUT2D eigenvalue weighted by Gasteiger charge is 2.19. The van der Waals surface area contributed by atoms with Gasteiger partial charge in [-0.25, -0.2) is 0 Å². The minimum absolute atomic E-state index is 0.0361. The van der Waals surface area contributed by atoms with E-state index in [2.05, 4.69) is 29.8 Å². The van der Waals surface area contributed by atoms with Crippen LogP contribution in [0, 0.1) is 5.92 Å². The Hall–Kier alpha value is -0.380. The summed E-state index contributed by atoms with van der Waals surface area (Å²) in [7, 11) is 0. The average molecular weight is 239 g/mol. The number of rotatable bonds is 4. The van der Waals surface area contributed by atoms with Crippen molar-refractivity contribution >= 4 is 11.3 Å². The first-order chi connectivity index (χ1) is 7.75. The van der Waals surface area contributed by atoms with Gasteiger partial charge < -0.3 is 10.4 Å². The van der Waals surface area contributed by atoms with E-state index in [4.69, 9.17) is 0 Å². The summed E-state index contributed by atoms with van der Waals surface area (Å²) in [5.41, 5.74) is 0. The van der Waals surface area contributed by atoms with Gasteiger partial charge in [-0.1, -0.05) is 6.07 Å². The number of aliphatic hydroxyl groups is 1. The molecule has 16 heavy (non-hydrogen) atoms. The molecule has 2 N–H and O–H groups in total. The summed E-state index contributed by atoms with van der Waals surface area (Å²) in [5.74, 6) is 0.755. The van der Waals surface area contributed by atoms with Crippen LogP contribution >= 0.6 is 11.3 Å². The molecule has 1 atom stereocenters. The van der Waals surface area contributed by atoms with Crippen LogP contribution in [0.4, 0.5) is 0 Å². The van der Waals surface area contributed by atoms with Crippen LogP contribution in [-0.2, 0) is 0 Å². The van der Waals surface area contributed by atoms with Gasteiger partial charge in [0.15, 0.2) is 0 Å². The van der Waals surface area contributed by atoms with Crippen molar-refractivity contribution in [1.29, 1.82) is 0 Å². The molecule has 0 radical (unpaired) electrons. The van der Waals surface area contributed by atoms with Gasteiger partial charge in [-0.2, -0.15) is 0 Å².